The van der Waals surface area contributed by atoms with Crippen LogP contribution in [0.2, 0.25) is 6.04 Å². The SMILES string of the molecule is CC=C[SiH](O)CCC. The van der Waals surface area contributed by atoms with Crippen LogP contribution < -0.4 is 0 Å². The summed E-state index contributed by atoms with van der Waals surface area (Å²) in [5.41, 5.74) is 1.95. The van der Waals surface area contributed by atoms with Crippen molar-refractivity contribution in [2.75, 3.05) is 0 Å². The third-order valence-electron chi connectivity index (χ3n) is 0.999. The lowest BCUT2D eigenvalue weighted by Crippen LogP contribution is -2.05. The van der Waals surface area contributed by atoms with E-state index in [-0.39, 0.29) is 0 Å². The van der Waals surface area contributed by atoms with E-state index in [0.717, 1.165) is 12.5 Å². The van der Waals surface area contributed by atoms with Crippen LogP contribution >= 0.6 is 0 Å². The third kappa shape index (κ3) is 4.09. The highest BCUT2D eigenvalue weighted by Crippen LogP contribution is 1.93. The Morgan fingerprint density at radius 3 is 2.62 bits per heavy atom. The molecule has 1 N–H and O–H groups in total. The van der Waals surface area contributed by atoms with Crippen LogP contribution in [0, 0.1) is 0 Å². The van der Waals surface area contributed by atoms with Crippen LogP contribution in [-0.2, 0) is 0 Å². The molecule has 0 heterocycles. The second kappa shape index (κ2) is 5.06. The number of hydrogen-bond donors (Lipinski definition) is 1. The Morgan fingerprint density at radius 1 is 1.62 bits per heavy atom. The van der Waals surface area contributed by atoms with Gasteiger partial charge in [0.25, 0.3) is 0 Å². The Hall–Kier alpha value is -0.0831. The van der Waals surface area contributed by atoms with Crippen LogP contribution in [0.4, 0.5) is 0 Å². The molecule has 0 fully saturated rings. The van der Waals surface area contributed by atoms with Crippen molar-refractivity contribution in [2.45, 2.75) is 26.3 Å². The maximum atomic E-state index is 9.10. The lowest BCUT2D eigenvalue weighted by Gasteiger charge is -1.96. The fourth-order valence-electron chi connectivity index (χ4n) is 0.614. The van der Waals surface area contributed by atoms with Crippen LogP contribution in [0.5, 0.6) is 0 Å². The Morgan fingerprint density at radius 2 is 2.25 bits per heavy atom. The van der Waals surface area contributed by atoms with Crippen LogP contribution in [0.3, 0.4) is 0 Å². The van der Waals surface area contributed by atoms with Crippen molar-refractivity contribution < 1.29 is 4.80 Å². The van der Waals surface area contributed by atoms with Gasteiger partial charge < -0.3 is 4.80 Å². The van der Waals surface area contributed by atoms with Gasteiger partial charge in [0.15, 0.2) is 9.04 Å². The molecule has 0 aromatic heterocycles. The molecule has 0 aliphatic rings. The topological polar surface area (TPSA) is 20.2 Å². The second-order valence-electron chi connectivity index (χ2n) is 1.88. The highest BCUT2D eigenvalue weighted by Gasteiger charge is 1.96. The van der Waals surface area contributed by atoms with Crippen LogP contribution in [0.25, 0.3) is 0 Å². The molecule has 0 rings (SSSR count). The van der Waals surface area contributed by atoms with Crippen molar-refractivity contribution in [3.05, 3.63) is 11.8 Å². The van der Waals surface area contributed by atoms with Gasteiger partial charge in [0, 0.05) is 0 Å². The Bertz CT molecular complexity index is 70.9. The molecule has 0 aromatic carbocycles. The minimum atomic E-state index is -1.38. The number of allylic oxidation sites excluding steroid dienone is 1. The summed E-state index contributed by atoms with van der Waals surface area (Å²) in [5.74, 6) is 0. The van der Waals surface area contributed by atoms with Crippen LogP contribution in [-0.4, -0.2) is 13.8 Å². The molecule has 1 nitrogen and oxygen atoms in total. The maximum Gasteiger partial charge on any atom is 0.196 e. The van der Waals surface area contributed by atoms with E-state index in [0.29, 0.717) is 0 Å². The second-order valence-corrected chi connectivity index (χ2v) is 3.98. The molecule has 0 saturated heterocycles. The van der Waals surface area contributed by atoms with E-state index in [1.54, 1.807) is 0 Å². The summed E-state index contributed by atoms with van der Waals surface area (Å²) in [6.45, 7) is 4.05. The van der Waals surface area contributed by atoms with E-state index < -0.39 is 9.04 Å². The fourth-order valence-corrected chi connectivity index (χ4v) is 1.84. The quantitative estimate of drug-likeness (QED) is 0.570. The molecule has 0 spiro atoms. The summed E-state index contributed by atoms with van der Waals surface area (Å²) in [6.07, 6.45) is 3.05. The Labute approximate surface area is 52.8 Å². The minimum absolute atomic E-state index is 1.02. The summed E-state index contributed by atoms with van der Waals surface area (Å²) < 4.78 is 0. The largest absolute Gasteiger partial charge is 0.431 e. The zero-order chi connectivity index (χ0) is 6.41. The molecule has 0 aromatic rings. The molecule has 0 aliphatic carbocycles. The molecule has 0 amide bonds. The van der Waals surface area contributed by atoms with Gasteiger partial charge in [0.2, 0.25) is 0 Å². The first-order valence-electron chi connectivity index (χ1n) is 3.12. The standard InChI is InChI=1S/C6H14OSi/c1-3-5-8(7)6-4-2/h3,5,7-8H,4,6H2,1-2H3. The van der Waals surface area contributed by atoms with Gasteiger partial charge in [0.05, 0.1) is 0 Å². The molecule has 2 heteroatoms. The van der Waals surface area contributed by atoms with Gasteiger partial charge in [-0.1, -0.05) is 25.1 Å². The normalized spacial score (nSPS) is 14.9. The van der Waals surface area contributed by atoms with Crippen molar-refractivity contribution in [3.8, 4) is 0 Å². The van der Waals surface area contributed by atoms with E-state index in [2.05, 4.69) is 6.92 Å². The molecule has 0 saturated carbocycles. The predicted octanol–water partition coefficient (Wildman–Crippen LogP) is 1.23. The molecule has 0 aliphatic heterocycles. The van der Waals surface area contributed by atoms with Gasteiger partial charge in [-0.2, -0.15) is 0 Å². The molecule has 48 valence electrons. The fraction of sp³-hybridized carbons (Fsp3) is 0.667. The van der Waals surface area contributed by atoms with Gasteiger partial charge in [-0.05, 0) is 13.0 Å². The molecule has 1 unspecified atom stereocenters. The Balaban J connectivity index is 3.17. The summed E-state index contributed by atoms with van der Waals surface area (Å²) in [4.78, 5) is 9.10. The van der Waals surface area contributed by atoms with Crippen LogP contribution in [0.1, 0.15) is 20.3 Å². The first kappa shape index (κ1) is 7.92. The highest BCUT2D eigenvalue weighted by molar-refractivity contribution is 6.56. The maximum absolute atomic E-state index is 9.10. The zero-order valence-electron chi connectivity index (χ0n) is 5.59. The zero-order valence-corrected chi connectivity index (χ0v) is 6.75. The van der Waals surface area contributed by atoms with Gasteiger partial charge in [0.1, 0.15) is 0 Å². The van der Waals surface area contributed by atoms with Gasteiger partial charge in [-0.15, -0.1) is 0 Å². The third-order valence-corrected chi connectivity index (χ3v) is 3.00. The van der Waals surface area contributed by atoms with Crippen molar-refractivity contribution in [3.63, 3.8) is 0 Å². The Kier molecular flexibility index (Phi) is 5.01. The van der Waals surface area contributed by atoms with E-state index in [1.807, 2.05) is 18.7 Å². The van der Waals surface area contributed by atoms with E-state index >= 15 is 0 Å². The van der Waals surface area contributed by atoms with Crippen LogP contribution in [0.15, 0.2) is 11.8 Å². The van der Waals surface area contributed by atoms with Crippen molar-refractivity contribution in [1.82, 2.24) is 0 Å². The minimum Gasteiger partial charge on any atom is -0.431 e. The average Bonchev–Trinajstić information content (AvgIpc) is 1.68. The average molecular weight is 130 g/mol. The summed E-state index contributed by atoms with van der Waals surface area (Å²) >= 11 is 0. The van der Waals surface area contributed by atoms with E-state index in [1.165, 1.54) is 0 Å². The van der Waals surface area contributed by atoms with Crippen molar-refractivity contribution >= 4 is 9.04 Å². The molecule has 8 heavy (non-hydrogen) atoms. The first-order chi connectivity index (χ1) is 3.81. The molecule has 0 radical (unpaired) electrons. The summed E-state index contributed by atoms with van der Waals surface area (Å²) in [5, 5.41) is 0. The summed E-state index contributed by atoms with van der Waals surface area (Å²) in [7, 11) is -1.38. The molecular weight excluding hydrogens is 116 g/mol. The molecular formula is C6H14OSi. The lowest BCUT2D eigenvalue weighted by atomic mass is 10.6. The molecule has 0 bridgehead atoms. The first-order valence-corrected chi connectivity index (χ1v) is 5.12. The van der Waals surface area contributed by atoms with Crippen molar-refractivity contribution in [1.29, 1.82) is 0 Å². The smallest absolute Gasteiger partial charge is 0.196 e. The summed E-state index contributed by atoms with van der Waals surface area (Å²) in [6, 6.07) is 1.02. The highest BCUT2D eigenvalue weighted by atomic mass is 28.3. The van der Waals surface area contributed by atoms with Gasteiger partial charge >= 0.3 is 0 Å². The van der Waals surface area contributed by atoms with Gasteiger partial charge in [-0.25, -0.2) is 0 Å². The predicted molar refractivity (Wildman–Crippen MR) is 39.3 cm³/mol. The lowest BCUT2D eigenvalue weighted by molar-refractivity contribution is 0.580. The number of hydrogen-bond acceptors (Lipinski definition) is 1. The van der Waals surface area contributed by atoms with E-state index in [4.69, 9.17) is 4.80 Å². The monoisotopic (exact) mass is 130 g/mol. The van der Waals surface area contributed by atoms with Crippen molar-refractivity contribution in [2.24, 2.45) is 0 Å². The van der Waals surface area contributed by atoms with Gasteiger partial charge in [-0.3, -0.25) is 0 Å². The number of rotatable bonds is 3. The van der Waals surface area contributed by atoms with E-state index in [9.17, 15) is 0 Å². The molecule has 1 atom stereocenters.